The molecule has 0 atom stereocenters. The summed E-state index contributed by atoms with van der Waals surface area (Å²) in [5, 5.41) is 2.74. The highest BCUT2D eigenvalue weighted by molar-refractivity contribution is 5.93. The van der Waals surface area contributed by atoms with Crippen LogP contribution in [0.4, 0.5) is 0 Å². The third-order valence-electron chi connectivity index (χ3n) is 2.60. The molecule has 2 aromatic heterocycles. The number of carbonyl (C=O) groups is 1. The minimum Gasteiger partial charge on any atom is -0.469 e. The summed E-state index contributed by atoms with van der Waals surface area (Å²) < 4.78 is 6.57. The molecule has 1 amide bonds. The predicted molar refractivity (Wildman–Crippen MR) is 66.4 cm³/mol. The first-order valence-corrected chi connectivity index (χ1v) is 5.64. The zero-order valence-electron chi connectivity index (χ0n) is 10.1. The average molecular weight is 246 g/mol. The van der Waals surface area contributed by atoms with E-state index < -0.39 is 0 Å². The van der Waals surface area contributed by atoms with Crippen LogP contribution in [-0.2, 0) is 13.5 Å². The highest BCUT2D eigenvalue weighted by Gasteiger charge is 2.06. The molecule has 0 aliphatic heterocycles. The van der Waals surface area contributed by atoms with Crippen molar-refractivity contribution in [2.75, 3.05) is 6.54 Å². The fourth-order valence-electron chi connectivity index (χ4n) is 1.55. The highest BCUT2D eigenvalue weighted by atomic mass is 16.3. The molecule has 0 unspecified atom stereocenters. The van der Waals surface area contributed by atoms with Gasteiger partial charge in [0.1, 0.15) is 5.76 Å². The molecular formula is C13H14N2O3. The van der Waals surface area contributed by atoms with Gasteiger partial charge < -0.3 is 14.3 Å². The normalized spacial score (nSPS) is 10.3. The zero-order valence-corrected chi connectivity index (χ0v) is 10.1. The Morgan fingerprint density at radius 3 is 2.94 bits per heavy atom. The van der Waals surface area contributed by atoms with Gasteiger partial charge in [0, 0.05) is 37.8 Å². The molecule has 5 nitrogen and oxygen atoms in total. The number of nitrogens with one attached hydrogen (secondary N) is 1. The summed E-state index contributed by atoms with van der Waals surface area (Å²) >= 11 is 0. The molecule has 2 rings (SSSR count). The maximum Gasteiger partial charge on any atom is 0.251 e. The number of nitrogens with zero attached hydrogens (tertiary/aromatic N) is 1. The number of furan rings is 1. The van der Waals surface area contributed by atoms with Crippen molar-refractivity contribution in [2.24, 2.45) is 7.05 Å². The molecule has 0 radical (unpaired) electrons. The number of aryl methyl sites for hydroxylation is 1. The average Bonchev–Trinajstić information content (AvgIpc) is 2.85. The minimum absolute atomic E-state index is 0.200. The van der Waals surface area contributed by atoms with E-state index in [0.717, 1.165) is 5.76 Å². The van der Waals surface area contributed by atoms with Gasteiger partial charge in [0.2, 0.25) is 0 Å². The van der Waals surface area contributed by atoms with Gasteiger partial charge in [0.25, 0.3) is 11.5 Å². The van der Waals surface area contributed by atoms with Crippen molar-refractivity contribution in [1.82, 2.24) is 9.88 Å². The van der Waals surface area contributed by atoms with E-state index in [1.54, 1.807) is 31.6 Å². The third-order valence-corrected chi connectivity index (χ3v) is 2.60. The monoisotopic (exact) mass is 246 g/mol. The number of hydrogen-bond acceptors (Lipinski definition) is 3. The highest BCUT2D eigenvalue weighted by Crippen LogP contribution is 2.00. The van der Waals surface area contributed by atoms with Gasteiger partial charge in [-0.1, -0.05) is 0 Å². The van der Waals surface area contributed by atoms with E-state index in [1.807, 2.05) is 6.07 Å². The summed E-state index contributed by atoms with van der Waals surface area (Å²) in [4.78, 5) is 23.1. The van der Waals surface area contributed by atoms with Gasteiger partial charge in [-0.2, -0.15) is 0 Å². The van der Waals surface area contributed by atoms with Crippen LogP contribution in [-0.4, -0.2) is 17.0 Å². The molecule has 5 heteroatoms. The Balaban J connectivity index is 1.91. The summed E-state index contributed by atoms with van der Waals surface area (Å²) in [6, 6.07) is 6.59. The summed E-state index contributed by atoms with van der Waals surface area (Å²) in [6.45, 7) is 0.474. The molecule has 0 aliphatic carbocycles. The van der Waals surface area contributed by atoms with E-state index in [0.29, 0.717) is 18.5 Å². The Kier molecular flexibility index (Phi) is 3.62. The molecule has 2 heterocycles. The van der Waals surface area contributed by atoms with Crippen molar-refractivity contribution in [2.45, 2.75) is 6.42 Å². The fourth-order valence-corrected chi connectivity index (χ4v) is 1.55. The van der Waals surface area contributed by atoms with E-state index in [4.69, 9.17) is 4.42 Å². The Hall–Kier alpha value is -2.30. The van der Waals surface area contributed by atoms with Crippen LogP contribution in [0.5, 0.6) is 0 Å². The summed E-state index contributed by atoms with van der Waals surface area (Å²) in [5.41, 5.74) is 0.172. The van der Waals surface area contributed by atoms with Gasteiger partial charge in [-0.15, -0.1) is 0 Å². The minimum atomic E-state index is -0.251. The van der Waals surface area contributed by atoms with Crippen LogP contribution in [0.15, 0.2) is 45.9 Å². The van der Waals surface area contributed by atoms with Crippen molar-refractivity contribution in [3.8, 4) is 0 Å². The van der Waals surface area contributed by atoms with Crippen molar-refractivity contribution < 1.29 is 9.21 Å². The van der Waals surface area contributed by atoms with E-state index in [2.05, 4.69) is 5.32 Å². The van der Waals surface area contributed by atoms with Gasteiger partial charge in [-0.05, 0) is 18.2 Å². The zero-order chi connectivity index (χ0) is 13.0. The van der Waals surface area contributed by atoms with Gasteiger partial charge >= 0.3 is 0 Å². The van der Waals surface area contributed by atoms with Crippen LogP contribution in [0.3, 0.4) is 0 Å². The smallest absolute Gasteiger partial charge is 0.251 e. The SMILES string of the molecule is Cn1ccc(C(=O)NCCc2ccco2)cc1=O. The van der Waals surface area contributed by atoms with Crippen LogP contribution >= 0.6 is 0 Å². The number of hydrogen-bond donors (Lipinski definition) is 1. The van der Waals surface area contributed by atoms with Crippen LogP contribution in [0.25, 0.3) is 0 Å². The lowest BCUT2D eigenvalue weighted by Gasteiger charge is -2.04. The molecule has 0 bridgehead atoms. The first-order valence-electron chi connectivity index (χ1n) is 5.64. The Morgan fingerprint density at radius 1 is 1.44 bits per heavy atom. The molecule has 2 aromatic rings. The predicted octanol–water partition coefficient (Wildman–Crippen LogP) is 0.951. The molecule has 0 fully saturated rings. The molecule has 18 heavy (non-hydrogen) atoms. The molecule has 0 aromatic carbocycles. The summed E-state index contributed by atoms with van der Waals surface area (Å²) in [6.07, 6.45) is 3.80. The van der Waals surface area contributed by atoms with Crippen LogP contribution in [0.1, 0.15) is 16.1 Å². The Bertz CT molecular complexity index is 585. The molecule has 0 aliphatic rings. The Labute approximate surface area is 104 Å². The number of pyridine rings is 1. The van der Waals surface area contributed by atoms with Crippen LogP contribution in [0.2, 0.25) is 0 Å². The lowest BCUT2D eigenvalue weighted by molar-refractivity contribution is 0.0953. The topological polar surface area (TPSA) is 64.2 Å². The van der Waals surface area contributed by atoms with E-state index in [9.17, 15) is 9.59 Å². The lowest BCUT2D eigenvalue weighted by atomic mass is 10.2. The summed E-state index contributed by atoms with van der Waals surface area (Å²) in [7, 11) is 1.64. The first-order chi connectivity index (χ1) is 8.66. The lowest BCUT2D eigenvalue weighted by Crippen LogP contribution is -2.27. The molecule has 0 saturated carbocycles. The maximum absolute atomic E-state index is 11.7. The largest absolute Gasteiger partial charge is 0.469 e. The number of rotatable bonds is 4. The third kappa shape index (κ3) is 2.88. The second kappa shape index (κ2) is 5.35. The van der Waals surface area contributed by atoms with E-state index in [1.165, 1.54) is 10.6 Å². The quantitative estimate of drug-likeness (QED) is 0.873. The maximum atomic E-state index is 11.7. The Morgan fingerprint density at radius 2 is 2.28 bits per heavy atom. The second-order valence-electron chi connectivity index (χ2n) is 3.95. The number of amides is 1. The van der Waals surface area contributed by atoms with Crippen LogP contribution < -0.4 is 10.9 Å². The molecular weight excluding hydrogens is 232 g/mol. The van der Waals surface area contributed by atoms with Crippen LogP contribution in [0, 0.1) is 0 Å². The van der Waals surface area contributed by atoms with Crippen molar-refractivity contribution in [3.05, 3.63) is 58.4 Å². The number of aromatic nitrogens is 1. The molecule has 0 saturated heterocycles. The van der Waals surface area contributed by atoms with Gasteiger partial charge in [-0.25, -0.2) is 0 Å². The second-order valence-corrected chi connectivity index (χ2v) is 3.95. The fraction of sp³-hybridized carbons (Fsp3) is 0.231. The molecule has 0 spiro atoms. The van der Waals surface area contributed by atoms with Gasteiger partial charge in [-0.3, -0.25) is 9.59 Å². The standard InChI is InChI=1S/C13H14N2O3/c1-15-7-5-10(9-12(15)16)13(17)14-6-4-11-3-2-8-18-11/h2-3,5,7-9H,4,6H2,1H3,(H,14,17). The van der Waals surface area contributed by atoms with Gasteiger partial charge in [0.15, 0.2) is 0 Å². The van der Waals surface area contributed by atoms with Crippen molar-refractivity contribution in [3.63, 3.8) is 0 Å². The van der Waals surface area contributed by atoms with Crippen molar-refractivity contribution >= 4 is 5.91 Å². The molecule has 1 N–H and O–H groups in total. The number of carbonyl (C=O) groups excluding carboxylic acids is 1. The van der Waals surface area contributed by atoms with Crippen molar-refractivity contribution in [1.29, 1.82) is 0 Å². The first kappa shape index (κ1) is 12.2. The summed E-state index contributed by atoms with van der Waals surface area (Å²) in [5.74, 6) is 0.568. The van der Waals surface area contributed by atoms with Gasteiger partial charge in [0.05, 0.1) is 6.26 Å². The van der Waals surface area contributed by atoms with E-state index in [-0.39, 0.29) is 11.5 Å². The molecule has 94 valence electrons. The van der Waals surface area contributed by atoms with E-state index >= 15 is 0 Å².